The maximum atomic E-state index is 12.9. The van der Waals surface area contributed by atoms with Crippen molar-refractivity contribution in [3.8, 4) is 16.3 Å². The van der Waals surface area contributed by atoms with E-state index < -0.39 is 0 Å². The van der Waals surface area contributed by atoms with Crippen LogP contribution in [0.1, 0.15) is 36.2 Å². The number of methoxy groups -OCH3 is 1. The van der Waals surface area contributed by atoms with Crippen LogP contribution in [0.15, 0.2) is 48.1 Å². The number of amides is 1. The molecular weight excluding hydrogens is 370 g/mol. The molecule has 1 unspecified atom stereocenters. The van der Waals surface area contributed by atoms with Crippen LogP contribution in [0.2, 0.25) is 0 Å². The van der Waals surface area contributed by atoms with Crippen molar-refractivity contribution in [1.82, 2.24) is 14.9 Å². The number of hydrogen-bond acceptors (Lipinski definition) is 5. The van der Waals surface area contributed by atoms with Crippen molar-refractivity contribution < 1.29 is 9.53 Å². The molecule has 2 aromatic heterocycles. The Bertz CT molecular complexity index is 971. The maximum absolute atomic E-state index is 12.9. The molecule has 0 bridgehead atoms. The molecule has 0 aliphatic carbocycles. The summed E-state index contributed by atoms with van der Waals surface area (Å²) in [6.45, 7) is 2.85. The number of carbonyl (C=O) groups is 1. The van der Waals surface area contributed by atoms with Gasteiger partial charge in [0.1, 0.15) is 10.8 Å². The SMILES string of the molecule is COc1ccc2c(c1)CCN(C(=O)CCc1csc(-c3cccnc3)n1)C2C. The Labute approximate surface area is 169 Å². The zero-order chi connectivity index (χ0) is 19.5. The van der Waals surface area contributed by atoms with Gasteiger partial charge < -0.3 is 9.64 Å². The highest BCUT2D eigenvalue weighted by Crippen LogP contribution is 2.32. The lowest BCUT2D eigenvalue weighted by molar-refractivity contribution is -0.133. The van der Waals surface area contributed by atoms with Crippen molar-refractivity contribution in [3.05, 3.63) is 64.9 Å². The summed E-state index contributed by atoms with van der Waals surface area (Å²) in [6.07, 6.45) is 5.57. The van der Waals surface area contributed by atoms with E-state index in [-0.39, 0.29) is 11.9 Å². The van der Waals surface area contributed by atoms with Crippen LogP contribution in [-0.2, 0) is 17.6 Å². The molecule has 0 saturated carbocycles. The maximum Gasteiger partial charge on any atom is 0.223 e. The average molecular weight is 394 g/mol. The number of ether oxygens (including phenoxy) is 1. The molecule has 5 nitrogen and oxygen atoms in total. The number of fused-ring (bicyclic) bond motifs is 1. The van der Waals surface area contributed by atoms with Gasteiger partial charge >= 0.3 is 0 Å². The topological polar surface area (TPSA) is 55.3 Å². The van der Waals surface area contributed by atoms with Crippen LogP contribution >= 0.6 is 11.3 Å². The Hall–Kier alpha value is -2.73. The molecule has 1 aliphatic rings. The zero-order valence-corrected chi connectivity index (χ0v) is 16.9. The molecular formula is C22H23N3O2S. The largest absolute Gasteiger partial charge is 0.497 e. The van der Waals surface area contributed by atoms with E-state index in [4.69, 9.17) is 4.74 Å². The van der Waals surface area contributed by atoms with Gasteiger partial charge in [-0.2, -0.15) is 0 Å². The summed E-state index contributed by atoms with van der Waals surface area (Å²) < 4.78 is 5.32. The standard InChI is InChI=1S/C22H23N3O2S/c1-15-20-7-6-19(27-2)12-16(20)9-11-25(15)21(26)8-5-18-14-28-22(24-18)17-4-3-10-23-13-17/h3-4,6-7,10,12-15H,5,8-9,11H2,1-2H3. The summed E-state index contributed by atoms with van der Waals surface area (Å²) in [5.74, 6) is 1.06. The van der Waals surface area contributed by atoms with Crippen molar-refractivity contribution in [3.63, 3.8) is 0 Å². The molecule has 1 atom stereocenters. The van der Waals surface area contributed by atoms with Gasteiger partial charge in [0.15, 0.2) is 0 Å². The van der Waals surface area contributed by atoms with Crippen LogP contribution in [0.25, 0.3) is 10.6 Å². The number of benzene rings is 1. The van der Waals surface area contributed by atoms with Crippen molar-refractivity contribution in [2.24, 2.45) is 0 Å². The molecule has 6 heteroatoms. The molecule has 3 heterocycles. The van der Waals surface area contributed by atoms with Gasteiger partial charge in [0.25, 0.3) is 0 Å². The lowest BCUT2D eigenvalue weighted by Crippen LogP contribution is -2.39. The minimum atomic E-state index is 0.0866. The molecule has 0 radical (unpaired) electrons. The number of thiazole rings is 1. The van der Waals surface area contributed by atoms with Crippen LogP contribution in [-0.4, -0.2) is 34.4 Å². The lowest BCUT2D eigenvalue weighted by Gasteiger charge is -2.35. The highest BCUT2D eigenvalue weighted by atomic mass is 32.1. The third-order valence-electron chi connectivity index (χ3n) is 5.27. The van der Waals surface area contributed by atoms with Gasteiger partial charge in [-0.1, -0.05) is 6.07 Å². The molecule has 0 saturated heterocycles. The number of carbonyl (C=O) groups excluding carboxylic acids is 1. The zero-order valence-electron chi connectivity index (χ0n) is 16.1. The average Bonchev–Trinajstić information content (AvgIpc) is 3.22. The molecule has 1 aromatic carbocycles. The number of rotatable bonds is 5. The van der Waals surface area contributed by atoms with E-state index in [1.807, 2.05) is 34.7 Å². The molecule has 0 N–H and O–H groups in total. The molecule has 0 fully saturated rings. The van der Waals surface area contributed by atoms with E-state index in [0.717, 1.165) is 35.0 Å². The Morgan fingerprint density at radius 3 is 3.04 bits per heavy atom. The Kier molecular flexibility index (Phi) is 5.39. The Morgan fingerprint density at radius 1 is 1.36 bits per heavy atom. The minimum Gasteiger partial charge on any atom is -0.497 e. The van der Waals surface area contributed by atoms with Gasteiger partial charge in [-0.3, -0.25) is 9.78 Å². The molecule has 28 heavy (non-hydrogen) atoms. The number of pyridine rings is 1. The summed E-state index contributed by atoms with van der Waals surface area (Å²) in [5, 5.41) is 2.99. The molecule has 1 aliphatic heterocycles. The monoisotopic (exact) mass is 393 g/mol. The number of aromatic nitrogens is 2. The van der Waals surface area contributed by atoms with E-state index >= 15 is 0 Å². The van der Waals surface area contributed by atoms with Crippen molar-refractivity contribution in [1.29, 1.82) is 0 Å². The van der Waals surface area contributed by atoms with Crippen LogP contribution < -0.4 is 4.74 Å². The minimum absolute atomic E-state index is 0.0866. The molecule has 1 amide bonds. The predicted molar refractivity (Wildman–Crippen MR) is 110 cm³/mol. The number of hydrogen-bond donors (Lipinski definition) is 0. The van der Waals surface area contributed by atoms with Crippen LogP contribution in [0, 0.1) is 0 Å². The van der Waals surface area contributed by atoms with Gasteiger partial charge in [-0.15, -0.1) is 11.3 Å². The van der Waals surface area contributed by atoms with Crippen LogP contribution in [0.4, 0.5) is 0 Å². The number of aryl methyl sites for hydroxylation is 1. The second kappa shape index (κ2) is 8.10. The smallest absolute Gasteiger partial charge is 0.223 e. The van der Waals surface area contributed by atoms with E-state index in [9.17, 15) is 4.79 Å². The van der Waals surface area contributed by atoms with Gasteiger partial charge in [0.05, 0.1) is 18.8 Å². The Balaban J connectivity index is 1.40. The molecule has 0 spiro atoms. The van der Waals surface area contributed by atoms with Gasteiger partial charge in [0.2, 0.25) is 5.91 Å². The summed E-state index contributed by atoms with van der Waals surface area (Å²) in [4.78, 5) is 23.7. The number of nitrogens with zero attached hydrogens (tertiary/aromatic N) is 3. The highest BCUT2D eigenvalue weighted by Gasteiger charge is 2.27. The Morgan fingerprint density at radius 2 is 2.25 bits per heavy atom. The van der Waals surface area contributed by atoms with E-state index in [2.05, 4.69) is 29.0 Å². The first-order valence-corrected chi connectivity index (χ1v) is 10.3. The van der Waals surface area contributed by atoms with Crippen molar-refractivity contribution in [2.75, 3.05) is 13.7 Å². The first kappa shape index (κ1) is 18.6. The molecule has 144 valence electrons. The van der Waals surface area contributed by atoms with E-state index in [0.29, 0.717) is 12.8 Å². The van der Waals surface area contributed by atoms with Gasteiger partial charge in [-0.05, 0) is 55.2 Å². The third kappa shape index (κ3) is 3.78. The van der Waals surface area contributed by atoms with Gasteiger partial charge in [0, 0.05) is 36.3 Å². The fraction of sp³-hybridized carbons (Fsp3) is 0.318. The van der Waals surface area contributed by atoms with Crippen LogP contribution in [0.5, 0.6) is 5.75 Å². The first-order chi connectivity index (χ1) is 13.7. The lowest BCUT2D eigenvalue weighted by atomic mass is 9.93. The fourth-order valence-electron chi connectivity index (χ4n) is 3.70. The normalized spacial score (nSPS) is 15.9. The second-order valence-electron chi connectivity index (χ2n) is 6.96. The first-order valence-electron chi connectivity index (χ1n) is 9.47. The van der Waals surface area contributed by atoms with Gasteiger partial charge in [-0.25, -0.2) is 4.98 Å². The fourth-order valence-corrected chi connectivity index (χ4v) is 4.54. The predicted octanol–water partition coefficient (Wildman–Crippen LogP) is 4.29. The highest BCUT2D eigenvalue weighted by molar-refractivity contribution is 7.13. The van der Waals surface area contributed by atoms with E-state index in [1.54, 1.807) is 24.6 Å². The summed E-state index contributed by atoms with van der Waals surface area (Å²) in [7, 11) is 1.68. The van der Waals surface area contributed by atoms with E-state index in [1.165, 1.54) is 11.1 Å². The third-order valence-corrected chi connectivity index (χ3v) is 6.21. The quantitative estimate of drug-likeness (QED) is 0.649. The second-order valence-corrected chi connectivity index (χ2v) is 7.82. The molecule has 3 aromatic rings. The summed E-state index contributed by atoms with van der Waals surface area (Å²) in [6, 6.07) is 10.1. The molecule has 4 rings (SSSR count). The summed E-state index contributed by atoms with van der Waals surface area (Å²) in [5.41, 5.74) is 4.47. The van der Waals surface area contributed by atoms with Crippen molar-refractivity contribution >= 4 is 17.2 Å². The van der Waals surface area contributed by atoms with Crippen molar-refractivity contribution in [2.45, 2.75) is 32.2 Å². The van der Waals surface area contributed by atoms with Crippen LogP contribution in [0.3, 0.4) is 0 Å². The summed E-state index contributed by atoms with van der Waals surface area (Å²) >= 11 is 1.60.